The van der Waals surface area contributed by atoms with Crippen molar-refractivity contribution in [3.8, 4) is 0 Å². The van der Waals surface area contributed by atoms with Crippen LogP contribution in [0.3, 0.4) is 0 Å². The van der Waals surface area contributed by atoms with E-state index in [0.717, 1.165) is 25.9 Å². The molecule has 0 aliphatic carbocycles. The van der Waals surface area contributed by atoms with Gasteiger partial charge in [0.25, 0.3) is 5.91 Å². The predicted molar refractivity (Wildman–Crippen MR) is 68.1 cm³/mol. The fraction of sp³-hybridized carbons (Fsp3) is 0.833. The van der Waals surface area contributed by atoms with Crippen molar-refractivity contribution in [1.29, 1.82) is 0 Å². The van der Waals surface area contributed by atoms with Crippen molar-refractivity contribution in [3.05, 3.63) is 0 Å². The van der Waals surface area contributed by atoms with Gasteiger partial charge in [0.15, 0.2) is 5.60 Å². The molecule has 0 bridgehead atoms. The van der Waals surface area contributed by atoms with Crippen molar-refractivity contribution < 1.29 is 37.7 Å². The van der Waals surface area contributed by atoms with Gasteiger partial charge in [-0.3, -0.25) is 4.79 Å². The predicted octanol–water partition coefficient (Wildman–Crippen LogP) is -0.361. The highest BCUT2D eigenvalue weighted by Gasteiger charge is 2.42. The van der Waals surface area contributed by atoms with Crippen LogP contribution in [0.15, 0.2) is 0 Å². The van der Waals surface area contributed by atoms with E-state index >= 15 is 0 Å². The van der Waals surface area contributed by atoms with Crippen LogP contribution in [-0.2, 0) is 14.3 Å². The van der Waals surface area contributed by atoms with Crippen LogP contribution in [0.25, 0.3) is 0 Å². The largest absolute Gasteiger partial charge is 0.490 e. The summed E-state index contributed by atoms with van der Waals surface area (Å²) in [6.45, 7) is 2.00. The molecule has 4 N–H and O–H groups in total. The monoisotopic (exact) mass is 328 g/mol. The average Bonchev–Trinajstić information content (AvgIpc) is 2.43. The van der Waals surface area contributed by atoms with Crippen molar-refractivity contribution in [1.82, 2.24) is 10.6 Å². The van der Waals surface area contributed by atoms with Crippen molar-refractivity contribution >= 4 is 11.9 Å². The molecule has 1 amide bonds. The zero-order valence-corrected chi connectivity index (χ0v) is 11.8. The van der Waals surface area contributed by atoms with E-state index in [0.29, 0.717) is 19.6 Å². The third-order valence-electron chi connectivity index (χ3n) is 3.26. The molecule has 2 fully saturated rings. The Morgan fingerprint density at radius 3 is 2.27 bits per heavy atom. The Labute approximate surface area is 124 Å². The molecule has 1 atom stereocenters. The maximum atomic E-state index is 11.5. The Hall–Kier alpha value is -1.39. The fourth-order valence-electron chi connectivity index (χ4n) is 1.86. The number of alkyl halides is 3. The lowest BCUT2D eigenvalue weighted by atomic mass is 9.96. The first kappa shape index (κ1) is 18.7. The van der Waals surface area contributed by atoms with Gasteiger partial charge >= 0.3 is 12.1 Å². The zero-order valence-electron chi connectivity index (χ0n) is 11.8. The number of halogens is 3. The number of aliphatic carboxylic acids is 1. The molecule has 0 aromatic heterocycles. The van der Waals surface area contributed by atoms with Crippen LogP contribution in [0.5, 0.6) is 0 Å². The van der Waals surface area contributed by atoms with Crippen molar-refractivity contribution in [2.24, 2.45) is 0 Å². The Balaban J connectivity index is 0.000000295. The number of carbonyl (C=O) groups is 2. The molecule has 1 unspecified atom stereocenters. The second kappa shape index (κ2) is 7.75. The van der Waals surface area contributed by atoms with Crippen LogP contribution >= 0.6 is 0 Å². The summed E-state index contributed by atoms with van der Waals surface area (Å²) in [6.07, 6.45) is -1.69. The van der Waals surface area contributed by atoms with Gasteiger partial charge in [-0.2, -0.15) is 13.2 Å². The lowest BCUT2D eigenvalue weighted by molar-refractivity contribution is -0.192. The SMILES string of the molecule is O=C(NCC1CCCCO1)C1(O)CNC1.O=C(O)C(F)(F)F. The minimum absolute atomic E-state index is 0.124. The number of rotatable bonds is 3. The number of nitrogens with one attached hydrogen (secondary N) is 2. The number of carboxylic acids is 1. The van der Waals surface area contributed by atoms with Crippen LogP contribution < -0.4 is 10.6 Å². The first-order chi connectivity index (χ1) is 10.1. The molecule has 2 rings (SSSR count). The third kappa shape index (κ3) is 5.78. The molecule has 7 nitrogen and oxygen atoms in total. The van der Waals surface area contributed by atoms with Gasteiger partial charge in [0.05, 0.1) is 6.10 Å². The highest BCUT2D eigenvalue weighted by molar-refractivity contribution is 5.86. The van der Waals surface area contributed by atoms with Crippen molar-refractivity contribution in [3.63, 3.8) is 0 Å². The van der Waals surface area contributed by atoms with Gasteiger partial charge < -0.3 is 25.6 Å². The second-order valence-electron chi connectivity index (χ2n) is 5.14. The van der Waals surface area contributed by atoms with Crippen LogP contribution in [0.1, 0.15) is 19.3 Å². The van der Waals surface area contributed by atoms with Gasteiger partial charge in [0.1, 0.15) is 0 Å². The van der Waals surface area contributed by atoms with E-state index in [4.69, 9.17) is 14.6 Å². The number of hydrogen-bond acceptors (Lipinski definition) is 5. The van der Waals surface area contributed by atoms with Gasteiger partial charge in [0.2, 0.25) is 0 Å². The van der Waals surface area contributed by atoms with Gasteiger partial charge in [-0.25, -0.2) is 4.79 Å². The summed E-state index contributed by atoms with van der Waals surface area (Å²) in [5.74, 6) is -3.04. The Morgan fingerprint density at radius 1 is 1.32 bits per heavy atom. The number of ether oxygens (including phenoxy) is 1. The minimum atomic E-state index is -5.08. The second-order valence-corrected chi connectivity index (χ2v) is 5.14. The summed E-state index contributed by atoms with van der Waals surface area (Å²) in [6, 6.07) is 0. The molecule has 0 aromatic carbocycles. The molecule has 22 heavy (non-hydrogen) atoms. The summed E-state index contributed by atoms with van der Waals surface area (Å²) >= 11 is 0. The Morgan fingerprint density at radius 2 is 1.91 bits per heavy atom. The molecule has 0 aromatic rings. The summed E-state index contributed by atoms with van der Waals surface area (Å²) in [5.41, 5.74) is -1.19. The summed E-state index contributed by atoms with van der Waals surface area (Å²) in [4.78, 5) is 20.4. The summed E-state index contributed by atoms with van der Waals surface area (Å²) < 4.78 is 37.2. The van der Waals surface area contributed by atoms with Gasteiger partial charge in [-0.05, 0) is 19.3 Å². The van der Waals surface area contributed by atoms with E-state index in [-0.39, 0.29) is 12.0 Å². The number of amides is 1. The standard InChI is InChI=1S/C10H18N2O3.C2HF3O2/c13-9(10(14)6-11-7-10)12-5-8-3-1-2-4-15-8;3-2(4,5)1(6)7/h8,11,14H,1-7H2,(H,12,13);(H,6,7). The van der Waals surface area contributed by atoms with Crippen molar-refractivity contribution in [2.75, 3.05) is 26.2 Å². The normalized spacial score (nSPS) is 23.5. The summed E-state index contributed by atoms with van der Waals surface area (Å²) in [7, 11) is 0. The maximum Gasteiger partial charge on any atom is 0.490 e. The Bertz CT molecular complexity index is 393. The number of carboxylic acid groups (broad SMARTS) is 1. The highest BCUT2D eigenvalue weighted by atomic mass is 19.4. The van der Waals surface area contributed by atoms with Crippen LogP contribution in [0.4, 0.5) is 13.2 Å². The van der Waals surface area contributed by atoms with Crippen LogP contribution in [0.2, 0.25) is 0 Å². The van der Waals surface area contributed by atoms with Gasteiger partial charge in [0, 0.05) is 26.2 Å². The third-order valence-corrected chi connectivity index (χ3v) is 3.26. The Kier molecular flexibility index (Phi) is 6.57. The van der Waals surface area contributed by atoms with E-state index in [1.54, 1.807) is 0 Å². The van der Waals surface area contributed by atoms with Crippen LogP contribution in [-0.4, -0.2) is 66.2 Å². The van der Waals surface area contributed by atoms with E-state index in [1.807, 2.05) is 0 Å². The lowest BCUT2D eigenvalue weighted by Gasteiger charge is -2.36. The molecule has 2 aliphatic rings. The van der Waals surface area contributed by atoms with E-state index in [9.17, 15) is 23.1 Å². The quantitative estimate of drug-likeness (QED) is 0.563. The first-order valence-corrected chi connectivity index (χ1v) is 6.78. The van der Waals surface area contributed by atoms with E-state index < -0.39 is 17.7 Å². The molecule has 0 saturated carbocycles. The first-order valence-electron chi connectivity index (χ1n) is 6.78. The topological polar surface area (TPSA) is 108 Å². The van der Waals surface area contributed by atoms with Crippen LogP contribution in [0, 0.1) is 0 Å². The van der Waals surface area contributed by atoms with Gasteiger partial charge in [-0.15, -0.1) is 0 Å². The molecule has 10 heteroatoms. The van der Waals surface area contributed by atoms with Crippen molar-refractivity contribution in [2.45, 2.75) is 37.1 Å². The molecule has 0 radical (unpaired) electrons. The number of β-amino-alcohol motifs (C(OH)–C–C–N with tert-alkyl or cyclic N) is 1. The number of carbonyl (C=O) groups excluding carboxylic acids is 1. The van der Waals surface area contributed by atoms with E-state index in [2.05, 4.69) is 10.6 Å². The molecule has 2 saturated heterocycles. The van der Waals surface area contributed by atoms with E-state index in [1.165, 1.54) is 0 Å². The molecular weight excluding hydrogens is 309 g/mol. The zero-order chi connectivity index (χ0) is 16.8. The number of hydrogen-bond donors (Lipinski definition) is 4. The maximum absolute atomic E-state index is 11.5. The van der Waals surface area contributed by atoms with Gasteiger partial charge in [-0.1, -0.05) is 0 Å². The molecule has 2 heterocycles. The minimum Gasteiger partial charge on any atom is -0.475 e. The molecule has 2 aliphatic heterocycles. The summed E-state index contributed by atoms with van der Waals surface area (Å²) in [5, 5.41) is 22.4. The highest BCUT2D eigenvalue weighted by Crippen LogP contribution is 2.14. The molecular formula is C12H19F3N2O5. The smallest absolute Gasteiger partial charge is 0.475 e. The molecule has 128 valence electrons. The average molecular weight is 328 g/mol. The number of aliphatic hydroxyl groups is 1. The fourth-order valence-corrected chi connectivity index (χ4v) is 1.86. The lowest BCUT2D eigenvalue weighted by Crippen LogP contribution is -2.67. The molecule has 0 spiro atoms.